The van der Waals surface area contributed by atoms with Gasteiger partial charge in [0.25, 0.3) is 0 Å². The summed E-state index contributed by atoms with van der Waals surface area (Å²) in [6.45, 7) is 5.50. The Morgan fingerprint density at radius 3 is 2.62 bits per heavy atom. The van der Waals surface area contributed by atoms with E-state index >= 15 is 0 Å². The molecular weight excluding hydrogens is 370 g/mol. The number of carboxylic acids is 1. The zero-order chi connectivity index (χ0) is 20.8. The monoisotopic (exact) mass is 403 g/mol. The molecule has 29 heavy (non-hydrogen) atoms. The number of piperazine rings is 1. The maximum atomic E-state index is 12.9. The molecule has 2 atom stereocenters. The first-order valence-corrected chi connectivity index (χ1v) is 10.5. The van der Waals surface area contributed by atoms with Crippen molar-refractivity contribution in [3.05, 3.63) is 29.8 Å². The number of carbonyl (C=O) groups excluding carboxylic acids is 1. The highest BCUT2D eigenvalue weighted by Crippen LogP contribution is 2.28. The quantitative estimate of drug-likeness (QED) is 0.745. The number of carboxylic acid groups (broad SMARTS) is 1. The second-order valence-electron chi connectivity index (χ2n) is 8.26. The van der Waals surface area contributed by atoms with Crippen LogP contribution in [0.25, 0.3) is 0 Å². The highest BCUT2D eigenvalue weighted by atomic mass is 16.5. The van der Waals surface area contributed by atoms with Gasteiger partial charge < -0.3 is 19.6 Å². The van der Waals surface area contributed by atoms with Crippen molar-refractivity contribution in [2.45, 2.75) is 31.7 Å². The van der Waals surface area contributed by atoms with Crippen LogP contribution in [0, 0.1) is 5.92 Å². The molecule has 2 aliphatic rings. The fourth-order valence-electron chi connectivity index (χ4n) is 4.54. The topological polar surface area (TPSA) is 73.3 Å². The minimum Gasteiger partial charge on any atom is -0.497 e. The second-order valence-corrected chi connectivity index (χ2v) is 8.26. The lowest BCUT2D eigenvalue weighted by Gasteiger charge is -2.46. The summed E-state index contributed by atoms with van der Waals surface area (Å²) in [5, 5.41) is 9.18. The predicted octanol–water partition coefficient (Wildman–Crippen LogP) is 1.57. The van der Waals surface area contributed by atoms with Crippen LogP contribution in [0.2, 0.25) is 0 Å². The van der Waals surface area contributed by atoms with Gasteiger partial charge in [-0.25, -0.2) is 0 Å². The first-order chi connectivity index (χ1) is 14.0. The van der Waals surface area contributed by atoms with Crippen LogP contribution in [-0.2, 0) is 16.0 Å². The first kappa shape index (κ1) is 21.6. The molecule has 2 fully saturated rings. The second kappa shape index (κ2) is 10.1. The fourth-order valence-corrected chi connectivity index (χ4v) is 4.54. The SMILES string of the molecule is COc1cccc(CC(=O)N2CC[C@@H](N3CCN(C)CC3)[C@@H](CCC(=O)O)C2)c1. The molecule has 2 aliphatic heterocycles. The summed E-state index contributed by atoms with van der Waals surface area (Å²) in [4.78, 5) is 30.9. The molecule has 0 bridgehead atoms. The molecular formula is C22H33N3O4. The van der Waals surface area contributed by atoms with E-state index in [2.05, 4.69) is 16.8 Å². The molecule has 0 saturated carbocycles. The van der Waals surface area contributed by atoms with Gasteiger partial charge in [-0.3, -0.25) is 14.5 Å². The van der Waals surface area contributed by atoms with Crippen molar-refractivity contribution in [1.82, 2.24) is 14.7 Å². The Labute approximate surface area is 173 Å². The lowest BCUT2D eigenvalue weighted by atomic mass is 9.86. The van der Waals surface area contributed by atoms with Crippen molar-refractivity contribution in [2.75, 3.05) is 53.4 Å². The third-order valence-corrected chi connectivity index (χ3v) is 6.27. The van der Waals surface area contributed by atoms with Crippen molar-refractivity contribution in [3.63, 3.8) is 0 Å². The normalized spacial score (nSPS) is 23.7. The summed E-state index contributed by atoms with van der Waals surface area (Å²) in [6, 6.07) is 7.98. The number of amides is 1. The van der Waals surface area contributed by atoms with Gasteiger partial charge in [-0.1, -0.05) is 12.1 Å². The van der Waals surface area contributed by atoms with Gasteiger partial charge in [0.05, 0.1) is 13.5 Å². The van der Waals surface area contributed by atoms with Crippen LogP contribution in [-0.4, -0.2) is 91.2 Å². The summed E-state index contributed by atoms with van der Waals surface area (Å²) < 4.78 is 5.25. The molecule has 0 spiro atoms. The number of likely N-dealkylation sites (N-methyl/N-ethyl adjacent to an activating group) is 1. The molecule has 0 aliphatic carbocycles. The van der Waals surface area contributed by atoms with Crippen LogP contribution in [0.5, 0.6) is 5.75 Å². The van der Waals surface area contributed by atoms with E-state index in [0.717, 1.165) is 50.5 Å². The number of ether oxygens (including phenoxy) is 1. The van der Waals surface area contributed by atoms with Gasteiger partial charge in [0, 0.05) is 51.7 Å². The van der Waals surface area contributed by atoms with Crippen LogP contribution in [0.15, 0.2) is 24.3 Å². The Balaban J connectivity index is 1.63. The summed E-state index contributed by atoms with van der Waals surface area (Å²) >= 11 is 0. The van der Waals surface area contributed by atoms with E-state index in [1.54, 1.807) is 7.11 Å². The molecule has 7 nitrogen and oxygen atoms in total. The number of hydrogen-bond donors (Lipinski definition) is 1. The Bertz CT molecular complexity index is 703. The zero-order valence-electron chi connectivity index (χ0n) is 17.5. The number of nitrogens with zero attached hydrogens (tertiary/aromatic N) is 3. The molecule has 1 amide bonds. The third kappa shape index (κ3) is 5.93. The van der Waals surface area contributed by atoms with Crippen LogP contribution < -0.4 is 4.74 Å². The van der Waals surface area contributed by atoms with Gasteiger partial charge in [-0.2, -0.15) is 0 Å². The number of methoxy groups -OCH3 is 1. The van der Waals surface area contributed by atoms with Crippen LogP contribution >= 0.6 is 0 Å². The number of aliphatic carboxylic acids is 1. The largest absolute Gasteiger partial charge is 0.497 e. The number of hydrogen-bond acceptors (Lipinski definition) is 5. The summed E-state index contributed by atoms with van der Waals surface area (Å²) in [5.74, 6) is 0.304. The molecule has 1 N–H and O–H groups in total. The Kier molecular flexibility index (Phi) is 7.50. The molecule has 1 aromatic rings. The smallest absolute Gasteiger partial charge is 0.303 e. The van der Waals surface area contributed by atoms with Gasteiger partial charge in [-0.05, 0) is 43.5 Å². The van der Waals surface area contributed by atoms with Crippen molar-refractivity contribution in [2.24, 2.45) is 5.92 Å². The maximum absolute atomic E-state index is 12.9. The van der Waals surface area contributed by atoms with Crippen molar-refractivity contribution in [3.8, 4) is 5.75 Å². The Morgan fingerprint density at radius 1 is 1.17 bits per heavy atom. The molecule has 2 saturated heterocycles. The maximum Gasteiger partial charge on any atom is 0.303 e. The minimum atomic E-state index is -0.762. The number of rotatable bonds is 7. The van der Waals surface area contributed by atoms with E-state index in [1.807, 2.05) is 29.2 Å². The summed E-state index contributed by atoms with van der Waals surface area (Å²) in [6.07, 6.45) is 2.04. The Hall–Kier alpha value is -2.12. The molecule has 7 heteroatoms. The van der Waals surface area contributed by atoms with E-state index in [9.17, 15) is 14.7 Å². The van der Waals surface area contributed by atoms with E-state index in [-0.39, 0.29) is 18.2 Å². The molecule has 160 valence electrons. The molecule has 0 radical (unpaired) electrons. The molecule has 3 rings (SSSR count). The molecule has 0 unspecified atom stereocenters. The first-order valence-electron chi connectivity index (χ1n) is 10.5. The van der Waals surface area contributed by atoms with Gasteiger partial charge in [-0.15, -0.1) is 0 Å². The minimum absolute atomic E-state index is 0.107. The Morgan fingerprint density at radius 2 is 1.93 bits per heavy atom. The number of piperidine rings is 1. The lowest BCUT2D eigenvalue weighted by Crippen LogP contribution is -2.57. The van der Waals surface area contributed by atoms with E-state index < -0.39 is 5.97 Å². The summed E-state index contributed by atoms with van der Waals surface area (Å²) in [7, 11) is 3.76. The van der Waals surface area contributed by atoms with Crippen LogP contribution in [0.3, 0.4) is 0 Å². The van der Waals surface area contributed by atoms with E-state index in [1.165, 1.54) is 0 Å². The standard InChI is InChI=1S/C22H33N3O4/c1-23-10-12-24(13-11-23)20-8-9-25(16-18(20)6-7-22(27)28)21(26)15-17-4-3-5-19(14-17)29-2/h3-5,14,18,20H,6-13,15-16H2,1-2H3,(H,27,28)/t18-,20+/m0/s1. The van der Waals surface area contributed by atoms with Crippen LogP contribution in [0.1, 0.15) is 24.8 Å². The van der Waals surface area contributed by atoms with Gasteiger partial charge >= 0.3 is 5.97 Å². The fraction of sp³-hybridized carbons (Fsp3) is 0.636. The average molecular weight is 404 g/mol. The van der Waals surface area contributed by atoms with Gasteiger partial charge in [0.1, 0.15) is 5.75 Å². The highest BCUT2D eigenvalue weighted by Gasteiger charge is 2.35. The van der Waals surface area contributed by atoms with Crippen molar-refractivity contribution < 1.29 is 19.4 Å². The molecule has 0 aromatic heterocycles. The lowest BCUT2D eigenvalue weighted by molar-refractivity contribution is -0.137. The van der Waals surface area contributed by atoms with E-state index in [4.69, 9.17) is 4.74 Å². The van der Waals surface area contributed by atoms with E-state index in [0.29, 0.717) is 25.4 Å². The molecule has 1 aromatic carbocycles. The van der Waals surface area contributed by atoms with Crippen molar-refractivity contribution in [1.29, 1.82) is 0 Å². The van der Waals surface area contributed by atoms with Crippen LogP contribution in [0.4, 0.5) is 0 Å². The number of likely N-dealkylation sites (tertiary alicyclic amines) is 1. The molecule has 2 heterocycles. The van der Waals surface area contributed by atoms with Gasteiger partial charge in [0.15, 0.2) is 0 Å². The third-order valence-electron chi connectivity index (χ3n) is 6.27. The summed E-state index contributed by atoms with van der Waals surface area (Å²) in [5.41, 5.74) is 0.942. The highest BCUT2D eigenvalue weighted by molar-refractivity contribution is 5.79. The number of carbonyl (C=O) groups is 2. The zero-order valence-corrected chi connectivity index (χ0v) is 17.5. The predicted molar refractivity (Wildman–Crippen MR) is 111 cm³/mol. The number of benzene rings is 1. The van der Waals surface area contributed by atoms with Gasteiger partial charge in [0.2, 0.25) is 5.91 Å². The van der Waals surface area contributed by atoms with Crippen molar-refractivity contribution >= 4 is 11.9 Å². The average Bonchev–Trinajstić information content (AvgIpc) is 2.72.